The minimum absolute atomic E-state index is 0.182. The molecule has 5 heteroatoms. The SMILES string of the molecule is Nc1ncc2cc3cc(F)ccc3nc2n1. The second kappa shape index (κ2) is 3.10. The highest BCUT2D eigenvalue weighted by atomic mass is 19.1. The predicted molar refractivity (Wildman–Crippen MR) is 59.2 cm³/mol. The van der Waals surface area contributed by atoms with E-state index in [0.29, 0.717) is 11.2 Å². The van der Waals surface area contributed by atoms with Crippen LogP contribution in [0.15, 0.2) is 30.5 Å². The third-order valence-corrected chi connectivity index (χ3v) is 2.34. The van der Waals surface area contributed by atoms with Gasteiger partial charge in [-0.2, -0.15) is 4.98 Å². The van der Waals surface area contributed by atoms with Crippen molar-refractivity contribution in [1.82, 2.24) is 15.0 Å². The highest BCUT2D eigenvalue weighted by molar-refractivity contribution is 5.90. The Hall–Kier alpha value is -2.30. The average Bonchev–Trinajstić information content (AvgIpc) is 2.26. The van der Waals surface area contributed by atoms with E-state index in [-0.39, 0.29) is 11.8 Å². The number of hydrogen-bond acceptors (Lipinski definition) is 4. The number of nitrogens with two attached hydrogens (primary N) is 1. The first-order chi connectivity index (χ1) is 7.72. The van der Waals surface area contributed by atoms with Crippen LogP contribution in [-0.4, -0.2) is 15.0 Å². The van der Waals surface area contributed by atoms with Crippen LogP contribution in [0, 0.1) is 5.82 Å². The van der Waals surface area contributed by atoms with Gasteiger partial charge in [0.05, 0.1) is 5.52 Å². The molecule has 16 heavy (non-hydrogen) atoms. The molecule has 3 rings (SSSR count). The third kappa shape index (κ3) is 1.33. The smallest absolute Gasteiger partial charge is 0.222 e. The molecule has 0 unspecified atom stereocenters. The molecule has 0 aliphatic heterocycles. The van der Waals surface area contributed by atoms with E-state index in [1.165, 1.54) is 12.1 Å². The van der Waals surface area contributed by atoms with Gasteiger partial charge in [0.15, 0.2) is 5.65 Å². The van der Waals surface area contributed by atoms with Crippen LogP contribution in [0.25, 0.3) is 21.9 Å². The topological polar surface area (TPSA) is 64.7 Å². The summed E-state index contributed by atoms with van der Waals surface area (Å²) in [5, 5.41) is 1.47. The standard InChI is InChI=1S/C11H7FN4/c12-8-1-2-9-6(4-8)3-7-5-14-11(13)16-10(7)15-9/h1-5H,(H2,13,14,15,16). The summed E-state index contributed by atoms with van der Waals surface area (Å²) in [5.41, 5.74) is 6.68. The van der Waals surface area contributed by atoms with Crippen molar-refractivity contribution in [2.75, 3.05) is 5.73 Å². The maximum Gasteiger partial charge on any atom is 0.222 e. The van der Waals surface area contributed by atoms with Gasteiger partial charge in [0.1, 0.15) is 5.82 Å². The summed E-state index contributed by atoms with van der Waals surface area (Å²) in [4.78, 5) is 12.2. The van der Waals surface area contributed by atoms with Crippen molar-refractivity contribution in [3.05, 3.63) is 36.3 Å². The summed E-state index contributed by atoms with van der Waals surface area (Å²) in [6.07, 6.45) is 1.58. The lowest BCUT2D eigenvalue weighted by Crippen LogP contribution is -1.95. The van der Waals surface area contributed by atoms with Crippen molar-refractivity contribution >= 4 is 27.9 Å². The highest BCUT2D eigenvalue weighted by Gasteiger charge is 2.02. The Labute approximate surface area is 90.0 Å². The zero-order chi connectivity index (χ0) is 11.1. The zero-order valence-electron chi connectivity index (χ0n) is 8.18. The molecule has 1 aromatic carbocycles. The number of fused-ring (bicyclic) bond motifs is 2. The van der Waals surface area contributed by atoms with Crippen LogP contribution in [0.5, 0.6) is 0 Å². The minimum Gasteiger partial charge on any atom is -0.368 e. The van der Waals surface area contributed by atoms with Crippen LogP contribution in [0.3, 0.4) is 0 Å². The fourth-order valence-corrected chi connectivity index (χ4v) is 1.61. The molecule has 0 bridgehead atoms. The Balaban J connectivity index is 2.44. The largest absolute Gasteiger partial charge is 0.368 e. The molecule has 0 aliphatic rings. The quantitative estimate of drug-likeness (QED) is 0.580. The number of nitrogen functional groups attached to an aromatic ring is 1. The van der Waals surface area contributed by atoms with Crippen molar-refractivity contribution in [2.24, 2.45) is 0 Å². The van der Waals surface area contributed by atoms with E-state index in [4.69, 9.17) is 5.73 Å². The molecule has 0 saturated heterocycles. The molecule has 0 radical (unpaired) electrons. The maximum atomic E-state index is 13.0. The van der Waals surface area contributed by atoms with E-state index in [2.05, 4.69) is 15.0 Å². The molecule has 0 amide bonds. The van der Waals surface area contributed by atoms with Crippen molar-refractivity contribution < 1.29 is 4.39 Å². The Morgan fingerprint density at radius 2 is 1.94 bits per heavy atom. The number of pyridine rings is 1. The Morgan fingerprint density at radius 3 is 2.81 bits per heavy atom. The van der Waals surface area contributed by atoms with E-state index in [1.54, 1.807) is 18.3 Å². The van der Waals surface area contributed by atoms with Gasteiger partial charge in [0, 0.05) is 17.0 Å². The summed E-state index contributed by atoms with van der Waals surface area (Å²) in [6.45, 7) is 0. The van der Waals surface area contributed by atoms with E-state index in [1.807, 2.05) is 0 Å². The fraction of sp³-hybridized carbons (Fsp3) is 0. The van der Waals surface area contributed by atoms with Crippen LogP contribution in [0.2, 0.25) is 0 Å². The number of aromatic nitrogens is 3. The molecular weight excluding hydrogens is 207 g/mol. The van der Waals surface area contributed by atoms with E-state index in [9.17, 15) is 4.39 Å². The second-order valence-electron chi connectivity index (χ2n) is 3.47. The van der Waals surface area contributed by atoms with Crippen molar-refractivity contribution in [2.45, 2.75) is 0 Å². The minimum atomic E-state index is -0.287. The van der Waals surface area contributed by atoms with E-state index >= 15 is 0 Å². The van der Waals surface area contributed by atoms with Crippen molar-refractivity contribution in [3.63, 3.8) is 0 Å². The first-order valence-corrected chi connectivity index (χ1v) is 4.71. The lowest BCUT2D eigenvalue weighted by atomic mass is 10.2. The van der Waals surface area contributed by atoms with E-state index < -0.39 is 0 Å². The summed E-state index contributed by atoms with van der Waals surface area (Å²) >= 11 is 0. The van der Waals surface area contributed by atoms with Gasteiger partial charge in [0.25, 0.3) is 0 Å². The normalized spacial score (nSPS) is 11.1. The number of anilines is 1. The van der Waals surface area contributed by atoms with Gasteiger partial charge in [-0.1, -0.05) is 0 Å². The number of benzene rings is 1. The molecule has 0 fully saturated rings. The second-order valence-corrected chi connectivity index (χ2v) is 3.47. The van der Waals surface area contributed by atoms with Gasteiger partial charge < -0.3 is 5.73 Å². The van der Waals surface area contributed by atoms with Crippen molar-refractivity contribution in [1.29, 1.82) is 0 Å². The molecule has 4 nitrogen and oxygen atoms in total. The Morgan fingerprint density at radius 1 is 1.06 bits per heavy atom. The molecule has 2 N–H and O–H groups in total. The monoisotopic (exact) mass is 214 g/mol. The maximum absolute atomic E-state index is 13.0. The average molecular weight is 214 g/mol. The van der Waals surface area contributed by atoms with Crippen LogP contribution in [0.4, 0.5) is 10.3 Å². The first kappa shape index (κ1) is 8.96. The molecule has 0 saturated carbocycles. The van der Waals surface area contributed by atoms with Gasteiger partial charge >= 0.3 is 0 Å². The zero-order valence-corrected chi connectivity index (χ0v) is 8.18. The van der Waals surface area contributed by atoms with Crippen molar-refractivity contribution in [3.8, 4) is 0 Å². The number of hydrogen-bond donors (Lipinski definition) is 1. The van der Waals surface area contributed by atoms with Crippen LogP contribution in [0.1, 0.15) is 0 Å². The first-order valence-electron chi connectivity index (χ1n) is 4.71. The van der Waals surface area contributed by atoms with Gasteiger partial charge in [-0.3, -0.25) is 0 Å². The van der Waals surface area contributed by atoms with Gasteiger partial charge in [-0.25, -0.2) is 14.4 Å². The number of halogens is 1. The fourth-order valence-electron chi connectivity index (χ4n) is 1.61. The van der Waals surface area contributed by atoms with Crippen LogP contribution >= 0.6 is 0 Å². The number of nitrogens with zero attached hydrogens (tertiary/aromatic N) is 3. The highest BCUT2D eigenvalue weighted by Crippen LogP contribution is 2.18. The van der Waals surface area contributed by atoms with E-state index in [0.717, 1.165) is 10.8 Å². The molecular formula is C11H7FN4. The lowest BCUT2D eigenvalue weighted by Gasteiger charge is -2.01. The van der Waals surface area contributed by atoms with Gasteiger partial charge in [-0.05, 0) is 24.3 Å². The number of rotatable bonds is 0. The molecule has 78 valence electrons. The summed E-state index contributed by atoms with van der Waals surface area (Å²) < 4.78 is 13.0. The molecule has 2 aromatic heterocycles. The molecule has 0 spiro atoms. The third-order valence-electron chi connectivity index (χ3n) is 2.34. The predicted octanol–water partition coefficient (Wildman–Crippen LogP) is 1.90. The van der Waals surface area contributed by atoms with Gasteiger partial charge in [-0.15, -0.1) is 0 Å². The summed E-state index contributed by atoms with van der Waals surface area (Å²) in [7, 11) is 0. The Kier molecular flexibility index (Phi) is 1.73. The van der Waals surface area contributed by atoms with Crippen LogP contribution in [-0.2, 0) is 0 Å². The van der Waals surface area contributed by atoms with Gasteiger partial charge in [0.2, 0.25) is 5.95 Å². The molecule has 3 aromatic rings. The molecule has 2 heterocycles. The molecule has 0 atom stereocenters. The summed E-state index contributed by atoms with van der Waals surface area (Å²) in [5.74, 6) is -0.105. The summed E-state index contributed by atoms with van der Waals surface area (Å²) in [6, 6.07) is 6.20. The Bertz CT molecular complexity index is 634. The van der Waals surface area contributed by atoms with Crippen LogP contribution < -0.4 is 5.73 Å². The molecule has 0 aliphatic carbocycles. The lowest BCUT2D eigenvalue weighted by molar-refractivity contribution is 0.629.